The summed E-state index contributed by atoms with van der Waals surface area (Å²) >= 11 is 0. The van der Waals surface area contributed by atoms with E-state index in [4.69, 9.17) is 0 Å². The van der Waals surface area contributed by atoms with Crippen LogP contribution in [0.5, 0.6) is 0 Å². The van der Waals surface area contributed by atoms with Gasteiger partial charge in [-0.05, 0) is 12.8 Å². The van der Waals surface area contributed by atoms with E-state index in [9.17, 15) is 10.2 Å². The molecule has 30 heavy (non-hydrogen) atoms. The van der Waals surface area contributed by atoms with Gasteiger partial charge in [0.2, 0.25) is 0 Å². The molecular weight excluding hydrogens is 368 g/mol. The fourth-order valence-electron chi connectivity index (χ4n) is 4.45. The lowest BCUT2D eigenvalue weighted by molar-refractivity contribution is -0.172. The summed E-state index contributed by atoms with van der Waals surface area (Å²) in [6.45, 7) is 4.44. The average Bonchev–Trinajstić information content (AvgIpc) is 2.72. The molecule has 0 aliphatic heterocycles. The van der Waals surface area contributed by atoms with E-state index in [0.29, 0.717) is 12.8 Å². The third-order valence-electron chi connectivity index (χ3n) is 6.61. The molecule has 0 saturated carbocycles. The quantitative estimate of drug-likeness (QED) is 0.113. The molecule has 2 nitrogen and oxygen atoms in total. The van der Waals surface area contributed by atoms with Crippen molar-refractivity contribution in [2.24, 2.45) is 0 Å². The van der Waals surface area contributed by atoms with Crippen LogP contribution in [0.2, 0.25) is 0 Å². The molecule has 0 aliphatic carbocycles. The van der Waals surface area contributed by atoms with Crippen molar-refractivity contribution >= 4 is 0 Å². The summed E-state index contributed by atoms with van der Waals surface area (Å²) in [4.78, 5) is 0. The third kappa shape index (κ3) is 24.2. The third-order valence-corrected chi connectivity index (χ3v) is 6.61. The highest BCUT2D eigenvalue weighted by Gasteiger charge is 2.21. The molecule has 2 N–H and O–H groups in total. The molecule has 0 aromatic carbocycles. The minimum atomic E-state index is -1.41. The lowest BCUT2D eigenvalue weighted by Crippen LogP contribution is -2.27. The second-order valence-corrected chi connectivity index (χ2v) is 9.91. The maximum absolute atomic E-state index is 9.95. The molecule has 182 valence electrons. The van der Waals surface area contributed by atoms with Gasteiger partial charge in [-0.2, -0.15) is 0 Å². The normalized spacial score (nSPS) is 12.0. The first-order valence-corrected chi connectivity index (χ1v) is 14.1. The Morgan fingerprint density at radius 3 is 0.833 bits per heavy atom. The van der Waals surface area contributed by atoms with Crippen LogP contribution >= 0.6 is 0 Å². The highest BCUT2D eigenvalue weighted by Crippen LogP contribution is 2.20. The summed E-state index contributed by atoms with van der Waals surface area (Å²) in [6, 6.07) is 0. The van der Waals surface area contributed by atoms with Crippen LogP contribution in [0.25, 0.3) is 0 Å². The first-order valence-electron chi connectivity index (χ1n) is 14.1. The monoisotopic (exact) mass is 426 g/mol. The molecule has 0 radical (unpaired) electrons. The van der Waals surface area contributed by atoms with Crippen LogP contribution in [0, 0.1) is 0 Å². The van der Waals surface area contributed by atoms with Gasteiger partial charge in [0, 0.05) is 12.8 Å². The van der Waals surface area contributed by atoms with E-state index in [1.807, 2.05) is 0 Å². The molecule has 0 saturated heterocycles. The first-order chi connectivity index (χ1) is 14.6. The van der Waals surface area contributed by atoms with Gasteiger partial charge in [-0.1, -0.05) is 149 Å². The van der Waals surface area contributed by atoms with Crippen molar-refractivity contribution in [3.8, 4) is 0 Å². The lowest BCUT2D eigenvalue weighted by atomic mass is 9.99. The van der Waals surface area contributed by atoms with E-state index in [1.165, 1.54) is 116 Å². The zero-order valence-electron chi connectivity index (χ0n) is 21.1. The molecular formula is C28H58O2. The molecule has 0 spiro atoms. The van der Waals surface area contributed by atoms with Crippen molar-refractivity contribution in [3.63, 3.8) is 0 Å². The minimum Gasteiger partial charge on any atom is -0.366 e. The van der Waals surface area contributed by atoms with Crippen LogP contribution < -0.4 is 0 Å². The van der Waals surface area contributed by atoms with Gasteiger partial charge in [-0.3, -0.25) is 0 Å². The van der Waals surface area contributed by atoms with E-state index < -0.39 is 5.79 Å². The van der Waals surface area contributed by atoms with Gasteiger partial charge in [-0.15, -0.1) is 0 Å². The van der Waals surface area contributed by atoms with E-state index in [1.54, 1.807) is 0 Å². The second kappa shape index (κ2) is 23.6. The highest BCUT2D eigenvalue weighted by molar-refractivity contribution is 4.65. The topological polar surface area (TPSA) is 40.5 Å². The summed E-state index contributed by atoms with van der Waals surface area (Å²) in [5, 5.41) is 19.9. The second-order valence-electron chi connectivity index (χ2n) is 9.91. The van der Waals surface area contributed by atoms with Gasteiger partial charge in [0.05, 0.1) is 0 Å². The van der Waals surface area contributed by atoms with Gasteiger partial charge in [-0.25, -0.2) is 0 Å². The van der Waals surface area contributed by atoms with Gasteiger partial charge >= 0.3 is 0 Å². The van der Waals surface area contributed by atoms with Crippen LogP contribution in [-0.4, -0.2) is 16.0 Å². The Labute approximate surface area is 190 Å². The fourth-order valence-corrected chi connectivity index (χ4v) is 4.45. The molecule has 2 heteroatoms. The molecule has 0 amide bonds. The van der Waals surface area contributed by atoms with Gasteiger partial charge < -0.3 is 10.2 Å². The maximum atomic E-state index is 9.95. The smallest absolute Gasteiger partial charge is 0.162 e. The van der Waals surface area contributed by atoms with Crippen molar-refractivity contribution in [2.75, 3.05) is 0 Å². The Morgan fingerprint density at radius 1 is 0.333 bits per heavy atom. The van der Waals surface area contributed by atoms with Crippen molar-refractivity contribution < 1.29 is 10.2 Å². The molecule has 0 fully saturated rings. The van der Waals surface area contributed by atoms with Crippen LogP contribution in [-0.2, 0) is 0 Å². The Bertz CT molecular complexity index is 314. The van der Waals surface area contributed by atoms with Crippen molar-refractivity contribution in [2.45, 2.75) is 180 Å². The highest BCUT2D eigenvalue weighted by atomic mass is 16.5. The number of unbranched alkanes of at least 4 members (excludes halogenated alkanes) is 21. The minimum absolute atomic E-state index is 0.542. The SMILES string of the molecule is CCCCCCCCCCCCCCCCCCCCCCC(O)(O)CCCCC. The summed E-state index contributed by atoms with van der Waals surface area (Å²) in [7, 11) is 0. The van der Waals surface area contributed by atoms with E-state index in [2.05, 4.69) is 13.8 Å². The van der Waals surface area contributed by atoms with Gasteiger partial charge in [0.25, 0.3) is 0 Å². The Hall–Kier alpha value is -0.0800. The summed E-state index contributed by atoms with van der Waals surface area (Å²) in [5.41, 5.74) is 0. The van der Waals surface area contributed by atoms with Crippen LogP contribution in [0.4, 0.5) is 0 Å². The van der Waals surface area contributed by atoms with E-state index >= 15 is 0 Å². The molecule has 0 bridgehead atoms. The molecule has 0 atom stereocenters. The van der Waals surface area contributed by atoms with Crippen LogP contribution in [0.1, 0.15) is 174 Å². The van der Waals surface area contributed by atoms with Crippen molar-refractivity contribution in [1.29, 1.82) is 0 Å². The largest absolute Gasteiger partial charge is 0.366 e. The van der Waals surface area contributed by atoms with Crippen LogP contribution in [0.3, 0.4) is 0 Å². The zero-order valence-corrected chi connectivity index (χ0v) is 21.1. The molecule has 0 unspecified atom stereocenters. The molecule has 0 heterocycles. The Balaban J connectivity index is 3.14. The molecule has 0 aromatic heterocycles. The van der Waals surface area contributed by atoms with Crippen molar-refractivity contribution in [3.05, 3.63) is 0 Å². The van der Waals surface area contributed by atoms with Crippen molar-refractivity contribution in [1.82, 2.24) is 0 Å². The summed E-state index contributed by atoms with van der Waals surface area (Å²) in [5.74, 6) is -1.41. The number of aliphatic hydroxyl groups is 2. The standard InChI is InChI=1S/C28H58O2/c1-3-5-7-8-9-10-11-12-13-14-15-16-17-18-19-20-21-22-23-25-27-28(29,30)26-24-6-4-2/h29-30H,3-27H2,1-2H3. The maximum Gasteiger partial charge on any atom is 0.162 e. The Kier molecular flexibility index (Phi) is 23.5. The van der Waals surface area contributed by atoms with E-state index in [0.717, 1.165) is 32.1 Å². The number of hydrogen-bond donors (Lipinski definition) is 2. The lowest BCUT2D eigenvalue weighted by Gasteiger charge is -2.21. The first kappa shape index (κ1) is 29.9. The summed E-state index contributed by atoms with van der Waals surface area (Å²) in [6.07, 6.45) is 31.8. The summed E-state index contributed by atoms with van der Waals surface area (Å²) < 4.78 is 0. The molecule has 0 aromatic rings. The van der Waals surface area contributed by atoms with E-state index in [-0.39, 0.29) is 0 Å². The number of rotatable bonds is 25. The average molecular weight is 427 g/mol. The predicted octanol–water partition coefficient (Wildman–Crippen LogP) is 9.46. The number of hydrogen-bond acceptors (Lipinski definition) is 2. The zero-order chi connectivity index (χ0) is 22.2. The Morgan fingerprint density at radius 2 is 0.533 bits per heavy atom. The molecule has 0 aliphatic rings. The van der Waals surface area contributed by atoms with Gasteiger partial charge in [0.15, 0.2) is 5.79 Å². The van der Waals surface area contributed by atoms with Gasteiger partial charge in [0.1, 0.15) is 0 Å². The van der Waals surface area contributed by atoms with Crippen LogP contribution in [0.15, 0.2) is 0 Å². The predicted molar refractivity (Wildman–Crippen MR) is 134 cm³/mol. The molecule has 0 rings (SSSR count). The fraction of sp³-hybridized carbons (Fsp3) is 1.00.